The summed E-state index contributed by atoms with van der Waals surface area (Å²) in [6, 6.07) is 0. The standard InChI is InChI=1S/C15H26O3/c16-15(17)10-8-6-4-2-1-3-5-7-9-14-11-12-18-13-14/h7,9,14H,1-6,8,10-13H2,(H,16,17)/b9-7+. The van der Waals surface area contributed by atoms with Crippen molar-refractivity contribution >= 4 is 5.97 Å². The highest BCUT2D eigenvalue weighted by molar-refractivity contribution is 5.66. The quantitative estimate of drug-likeness (QED) is 0.476. The molecule has 1 unspecified atom stereocenters. The highest BCUT2D eigenvalue weighted by atomic mass is 16.5. The van der Waals surface area contributed by atoms with E-state index < -0.39 is 5.97 Å². The third-order valence-corrected chi connectivity index (χ3v) is 3.38. The van der Waals surface area contributed by atoms with Gasteiger partial charge in [-0.2, -0.15) is 0 Å². The normalized spacial score (nSPS) is 19.7. The molecule has 0 aromatic carbocycles. The van der Waals surface area contributed by atoms with Crippen LogP contribution in [0.15, 0.2) is 12.2 Å². The Morgan fingerprint density at radius 1 is 1.17 bits per heavy atom. The second-order valence-electron chi connectivity index (χ2n) is 5.11. The van der Waals surface area contributed by atoms with Crippen molar-refractivity contribution in [2.75, 3.05) is 13.2 Å². The summed E-state index contributed by atoms with van der Waals surface area (Å²) in [5.74, 6) is -0.0166. The molecule has 1 aliphatic heterocycles. The van der Waals surface area contributed by atoms with Crippen LogP contribution in [0, 0.1) is 5.92 Å². The second kappa shape index (κ2) is 10.1. The molecule has 1 aliphatic rings. The molecule has 0 aromatic rings. The van der Waals surface area contributed by atoms with Gasteiger partial charge in [0.1, 0.15) is 0 Å². The predicted octanol–water partition coefficient (Wildman–Crippen LogP) is 3.78. The lowest BCUT2D eigenvalue weighted by Crippen LogP contribution is -1.93. The molecule has 1 saturated heterocycles. The average Bonchev–Trinajstić information content (AvgIpc) is 2.84. The van der Waals surface area contributed by atoms with Gasteiger partial charge in [0, 0.05) is 18.9 Å². The minimum atomic E-state index is -0.670. The van der Waals surface area contributed by atoms with Crippen molar-refractivity contribution in [3.8, 4) is 0 Å². The van der Waals surface area contributed by atoms with Crippen molar-refractivity contribution in [2.24, 2.45) is 5.92 Å². The number of carbonyl (C=O) groups is 1. The monoisotopic (exact) mass is 254 g/mol. The van der Waals surface area contributed by atoms with Crippen molar-refractivity contribution in [1.29, 1.82) is 0 Å². The minimum Gasteiger partial charge on any atom is -0.481 e. The summed E-state index contributed by atoms with van der Waals surface area (Å²) in [7, 11) is 0. The van der Waals surface area contributed by atoms with Crippen LogP contribution in [0.1, 0.15) is 57.8 Å². The highest BCUT2D eigenvalue weighted by Crippen LogP contribution is 2.14. The van der Waals surface area contributed by atoms with E-state index in [0.29, 0.717) is 12.3 Å². The van der Waals surface area contributed by atoms with Crippen molar-refractivity contribution in [1.82, 2.24) is 0 Å². The molecule has 0 spiro atoms. The molecule has 3 heteroatoms. The molecule has 0 amide bonds. The molecular formula is C15H26O3. The molecule has 0 saturated carbocycles. The molecule has 104 valence electrons. The molecule has 1 N–H and O–H groups in total. The first-order chi connectivity index (χ1) is 8.79. The summed E-state index contributed by atoms with van der Waals surface area (Å²) in [6.45, 7) is 1.82. The summed E-state index contributed by atoms with van der Waals surface area (Å²) in [6.07, 6.45) is 14.1. The number of carboxylic acid groups (broad SMARTS) is 1. The van der Waals surface area contributed by atoms with E-state index in [1.54, 1.807) is 0 Å². The van der Waals surface area contributed by atoms with Crippen LogP contribution in [0.25, 0.3) is 0 Å². The Morgan fingerprint density at radius 3 is 2.56 bits per heavy atom. The lowest BCUT2D eigenvalue weighted by Gasteiger charge is -2.00. The summed E-state index contributed by atoms with van der Waals surface area (Å²) < 4.78 is 5.31. The first-order valence-corrected chi connectivity index (χ1v) is 7.25. The van der Waals surface area contributed by atoms with Crippen LogP contribution in [0.3, 0.4) is 0 Å². The van der Waals surface area contributed by atoms with E-state index in [-0.39, 0.29) is 0 Å². The van der Waals surface area contributed by atoms with Gasteiger partial charge in [-0.15, -0.1) is 0 Å². The number of ether oxygens (including phenoxy) is 1. The van der Waals surface area contributed by atoms with Crippen molar-refractivity contribution in [3.63, 3.8) is 0 Å². The lowest BCUT2D eigenvalue weighted by atomic mass is 10.1. The summed E-state index contributed by atoms with van der Waals surface area (Å²) in [5, 5.41) is 8.49. The SMILES string of the molecule is O=C(O)CCCCCCCC/C=C/C1CCOC1. The molecular weight excluding hydrogens is 228 g/mol. The van der Waals surface area contributed by atoms with Crippen LogP contribution < -0.4 is 0 Å². The molecule has 3 nitrogen and oxygen atoms in total. The van der Waals surface area contributed by atoms with E-state index >= 15 is 0 Å². The van der Waals surface area contributed by atoms with Crippen LogP contribution in [0.2, 0.25) is 0 Å². The largest absolute Gasteiger partial charge is 0.481 e. The van der Waals surface area contributed by atoms with Gasteiger partial charge in [0.25, 0.3) is 0 Å². The molecule has 0 bridgehead atoms. The van der Waals surface area contributed by atoms with Gasteiger partial charge in [0.2, 0.25) is 0 Å². The van der Waals surface area contributed by atoms with Crippen LogP contribution in [0.4, 0.5) is 0 Å². The number of hydrogen-bond donors (Lipinski definition) is 1. The van der Waals surface area contributed by atoms with Gasteiger partial charge in [0.05, 0.1) is 6.61 Å². The summed E-state index contributed by atoms with van der Waals surface area (Å²) >= 11 is 0. The summed E-state index contributed by atoms with van der Waals surface area (Å²) in [4.78, 5) is 10.3. The lowest BCUT2D eigenvalue weighted by molar-refractivity contribution is -0.137. The van der Waals surface area contributed by atoms with E-state index in [9.17, 15) is 4.79 Å². The van der Waals surface area contributed by atoms with Gasteiger partial charge >= 0.3 is 5.97 Å². The molecule has 0 aliphatic carbocycles. The van der Waals surface area contributed by atoms with Crippen LogP contribution in [0.5, 0.6) is 0 Å². The molecule has 1 fully saturated rings. The fraction of sp³-hybridized carbons (Fsp3) is 0.800. The number of carboxylic acids is 1. The Labute approximate surface area is 110 Å². The molecule has 1 heterocycles. The van der Waals surface area contributed by atoms with Gasteiger partial charge in [-0.25, -0.2) is 0 Å². The van der Waals surface area contributed by atoms with E-state index in [1.807, 2.05) is 0 Å². The molecule has 1 rings (SSSR count). The maximum Gasteiger partial charge on any atom is 0.303 e. The van der Waals surface area contributed by atoms with Crippen LogP contribution in [-0.4, -0.2) is 24.3 Å². The van der Waals surface area contributed by atoms with Gasteiger partial charge < -0.3 is 9.84 Å². The Morgan fingerprint density at radius 2 is 1.89 bits per heavy atom. The third-order valence-electron chi connectivity index (χ3n) is 3.38. The van der Waals surface area contributed by atoms with Gasteiger partial charge in [-0.3, -0.25) is 4.79 Å². The van der Waals surface area contributed by atoms with E-state index in [1.165, 1.54) is 38.5 Å². The van der Waals surface area contributed by atoms with E-state index in [2.05, 4.69) is 12.2 Å². The molecule has 18 heavy (non-hydrogen) atoms. The van der Waals surface area contributed by atoms with Crippen molar-refractivity contribution in [2.45, 2.75) is 57.8 Å². The third kappa shape index (κ3) is 8.29. The van der Waals surface area contributed by atoms with Gasteiger partial charge in [-0.05, 0) is 25.7 Å². The summed E-state index contributed by atoms with van der Waals surface area (Å²) in [5.41, 5.74) is 0. The zero-order chi connectivity index (χ0) is 13.1. The highest BCUT2D eigenvalue weighted by Gasteiger charge is 2.10. The number of rotatable bonds is 10. The predicted molar refractivity (Wildman–Crippen MR) is 72.6 cm³/mol. The zero-order valence-corrected chi connectivity index (χ0v) is 11.3. The van der Waals surface area contributed by atoms with E-state index in [0.717, 1.165) is 26.1 Å². The topological polar surface area (TPSA) is 46.5 Å². The first kappa shape index (κ1) is 15.2. The first-order valence-electron chi connectivity index (χ1n) is 7.25. The molecule has 0 aromatic heterocycles. The minimum absolute atomic E-state index is 0.326. The van der Waals surface area contributed by atoms with Crippen LogP contribution >= 0.6 is 0 Å². The van der Waals surface area contributed by atoms with Crippen LogP contribution in [-0.2, 0) is 9.53 Å². The Hall–Kier alpha value is -0.830. The van der Waals surface area contributed by atoms with E-state index in [4.69, 9.17) is 9.84 Å². The Balaban J connectivity index is 1.79. The molecule has 1 atom stereocenters. The number of hydrogen-bond acceptors (Lipinski definition) is 2. The number of unbranched alkanes of at least 4 members (excludes halogenated alkanes) is 6. The average molecular weight is 254 g/mol. The smallest absolute Gasteiger partial charge is 0.303 e. The Bertz CT molecular complexity index is 242. The molecule has 0 radical (unpaired) electrons. The van der Waals surface area contributed by atoms with Crippen molar-refractivity contribution < 1.29 is 14.6 Å². The fourth-order valence-electron chi connectivity index (χ4n) is 2.24. The Kier molecular flexibility index (Phi) is 8.57. The zero-order valence-electron chi connectivity index (χ0n) is 11.3. The van der Waals surface area contributed by atoms with Gasteiger partial charge in [0.15, 0.2) is 0 Å². The number of aliphatic carboxylic acids is 1. The second-order valence-corrected chi connectivity index (χ2v) is 5.11. The van der Waals surface area contributed by atoms with Gasteiger partial charge in [-0.1, -0.05) is 37.8 Å². The van der Waals surface area contributed by atoms with Crippen molar-refractivity contribution in [3.05, 3.63) is 12.2 Å². The maximum absolute atomic E-state index is 10.3. The fourth-order valence-corrected chi connectivity index (χ4v) is 2.24. The maximum atomic E-state index is 10.3. The number of allylic oxidation sites excluding steroid dienone is 1.